The van der Waals surface area contributed by atoms with Crippen LogP contribution in [-0.2, 0) is 9.13 Å². The van der Waals surface area contributed by atoms with E-state index in [1.165, 1.54) is 18.5 Å². The van der Waals surface area contributed by atoms with Crippen LogP contribution in [0.5, 0.6) is 0 Å². The molecule has 0 aliphatic heterocycles. The van der Waals surface area contributed by atoms with Gasteiger partial charge in [-0.3, -0.25) is 9.13 Å². The second-order valence-corrected chi connectivity index (χ2v) is 7.62. The van der Waals surface area contributed by atoms with Gasteiger partial charge in [-0.2, -0.15) is 0 Å². The standard InChI is InChI=1S/C7H13N3O7P2/c11-7(18(12,13)14,19(15,16)17)2-5-10-6-8-3-1-4-9-6/h1,3-4,11H,2,5H2,(H,8,9,10)(H2,12,13,14)(H2,15,16,17). The van der Waals surface area contributed by atoms with Gasteiger partial charge in [-0.15, -0.1) is 0 Å². The number of hydrogen-bond donors (Lipinski definition) is 6. The second-order valence-electron chi connectivity index (χ2n) is 3.61. The summed E-state index contributed by atoms with van der Waals surface area (Å²) < 4.78 is 22.1. The lowest BCUT2D eigenvalue weighted by Gasteiger charge is -2.29. The van der Waals surface area contributed by atoms with Gasteiger partial charge in [-0.25, -0.2) is 9.97 Å². The highest BCUT2D eigenvalue weighted by molar-refractivity contribution is 7.72. The van der Waals surface area contributed by atoms with Gasteiger partial charge in [0.05, 0.1) is 0 Å². The van der Waals surface area contributed by atoms with Crippen molar-refractivity contribution >= 4 is 21.1 Å². The largest absolute Gasteiger partial charge is 0.369 e. The molecule has 12 heteroatoms. The summed E-state index contributed by atoms with van der Waals surface area (Å²) in [6, 6.07) is 1.53. The molecule has 0 unspecified atom stereocenters. The van der Waals surface area contributed by atoms with Crippen LogP contribution in [0.25, 0.3) is 0 Å². The van der Waals surface area contributed by atoms with Crippen molar-refractivity contribution in [3.05, 3.63) is 18.5 Å². The Hall–Kier alpha value is -0.860. The zero-order valence-corrected chi connectivity index (χ0v) is 11.3. The third kappa shape index (κ3) is 3.80. The smallest absolute Gasteiger partial charge is 0.367 e. The number of aromatic nitrogens is 2. The number of nitrogens with one attached hydrogen (secondary N) is 1. The van der Waals surface area contributed by atoms with Gasteiger partial charge in [-0.1, -0.05) is 0 Å². The highest BCUT2D eigenvalue weighted by atomic mass is 31.2. The molecule has 0 aliphatic carbocycles. The van der Waals surface area contributed by atoms with E-state index >= 15 is 0 Å². The number of hydrogen-bond acceptors (Lipinski definition) is 6. The van der Waals surface area contributed by atoms with Gasteiger partial charge in [0.25, 0.3) is 5.08 Å². The van der Waals surface area contributed by atoms with Gasteiger partial charge in [0.1, 0.15) is 0 Å². The van der Waals surface area contributed by atoms with Crippen molar-refractivity contribution in [2.24, 2.45) is 0 Å². The molecule has 0 fully saturated rings. The normalized spacial score (nSPS) is 13.3. The van der Waals surface area contributed by atoms with Gasteiger partial charge < -0.3 is 30.0 Å². The molecule has 10 nitrogen and oxygen atoms in total. The molecular formula is C7H13N3O7P2. The molecule has 0 aromatic carbocycles. The summed E-state index contributed by atoms with van der Waals surface area (Å²) in [5, 5.41) is 8.60. The molecule has 0 spiro atoms. The maximum Gasteiger partial charge on any atom is 0.369 e. The van der Waals surface area contributed by atoms with E-state index in [-0.39, 0.29) is 12.5 Å². The summed E-state index contributed by atoms with van der Waals surface area (Å²) in [6.45, 7) is -0.337. The van der Waals surface area contributed by atoms with Crippen molar-refractivity contribution in [3.8, 4) is 0 Å². The van der Waals surface area contributed by atoms with Gasteiger partial charge in [0.15, 0.2) is 0 Å². The second kappa shape index (κ2) is 5.64. The summed E-state index contributed by atoms with van der Waals surface area (Å²) in [5.74, 6) is 0.0984. The molecule has 1 aromatic rings. The molecule has 6 N–H and O–H groups in total. The molecule has 0 saturated heterocycles. The first kappa shape index (κ1) is 16.2. The van der Waals surface area contributed by atoms with Crippen LogP contribution in [0.2, 0.25) is 0 Å². The van der Waals surface area contributed by atoms with E-state index in [0.717, 1.165) is 0 Å². The molecule has 108 valence electrons. The Balaban J connectivity index is 2.77. The Morgan fingerprint density at radius 3 is 2.00 bits per heavy atom. The average Bonchev–Trinajstić information content (AvgIpc) is 2.27. The van der Waals surface area contributed by atoms with Crippen molar-refractivity contribution in [1.29, 1.82) is 0 Å². The van der Waals surface area contributed by atoms with Crippen LogP contribution in [0.1, 0.15) is 6.42 Å². The molecule has 0 radical (unpaired) electrons. The fraction of sp³-hybridized carbons (Fsp3) is 0.429. The Labute approximate surface area is 107 Å². The van der Waals surface area contributed by atoms with Crippen molar-refractivity contribution in [2.75, 3.05) is 11.9 Å². The first-order chi connectivity index (χ1) is 8.58. The van der Waals surface area contributed by atoms with Crippen molar-refractivity contribution in [2.45, 2.75) is 11.5 Å². The number of nitrogens with zero attached hydrogens (tertiary/aromatic N) is 2. The van der Waals surface area contributed by atoms with Crippen LogP contribution < -0.4 is 5.32 Å². The molecule has 0 saturated carbocycles. The first-order valence-corrected chi connectivity index (χ1v) is 8.15. The molecule has 0 amide bonds. The van der Waals surface area contributed by atoms with Gasteiger partial charge in [0, 0.05) is 25.4 Å². The van der Waals surface area contributed by atoms with Crippen molar-refractivity contribution in [3.63, 3.8) is 0 Å². The maximum absolute atomic E-state index is 11.0. The maximum atomic E-state index is 11.0. The van der Waals surface area contributed by atoms with Crippen molar-refractivity contribution < 1.29 is 33.8 Å². The lowest BCUT2D eigenvalue weighted by atomic mass is 10.4. The fourth-order valence-electron chi connectivity index (χ4n) is 1.19. The topological polar surface area (TPSA) is 173 Å². The SMILES string of the molecule is O=P(O)(O)C(O)(CCNc1ncccn1)P(=O)(O)O. The lowest BCUT2D eigenvalue weighted by molar-refractivity contribution is 0.126. The fourth-order valence-corrected chi connectivity index (χ4v) is 3.36. The van der Waals surface area contributed by atoms with Crippen LogP contribution in [0, 0.1) is 0 Å². The van der Waals surface area contributed by atoms with Gasteiger partial charge >= 0.3 is 15.2 Å². The minimum Gasteiger partial charge on any atom is -0.367 e. The van der Waals surface area contributed by atoms with Crippen LogP contribution in [0.15, 0.2) is 18.5 Å². The lowest BCUT2D eigenvalue weighted by Crippen LogP contribution is -2.31. The average molecular weight is 313 g/mol. The zero-order chi connectivity index (χ0) is 14.7. The summed E-state index contributed by atoms with van der Waals surface area (Å²) >= 11 is 0. The Morgan fingerprint density at radius 1 is 1.11 bits per heavy atom. The third-order valence-corrected chi connectivity index (χ3v) is 6.12. The molecule has 1 rings (SSSR count). The summed E-state index contributed by atoms with van der Waals surface area (Å²) in [6.07, 6.45) is 1.92. The third-order valence-electron chi connectivity index (χ3n) is 2.24. The molecule has 0 aliphatic rings. The highest BCUT2D eigenvalue weighted by Gasteiger charge is 2.58. The van der Waals surface area contributed by atoms with Crippen molar-refractivity contribution in [1.82, 2.24) is 9.97 Å². The summed E-state index contributed by atoms with van der Waals surface area (Å²) in [4.78, 5) is 43.0. The Kier molecular flexibility index (Phi) is 4.81. The Bertz CT molecular complexity index is 491. The van der Waals surface area contributed by atoms with Crippen LogP contribution in [-0.4, -0.2) is 46.3 Å². The summed E-state index contributed by atoms with van der Waals surface area (Å²) in [7, 11) is -10.8. The molecule has 0 atom stereocenters. The minimum atomic E-state index is -5.42. The minimum absolute atomic E-state index is 0.0984. The number of anilines is 1. The molecule has 19 heavy (non-hydrogen) atoms. The molecule has 1 aromatic heterocycles. The predicted molar refractivity (Wildman–Crippen MR) is 64.2 cm³/mol. The van der Waals surface area contributed by atoms with Crippen LogP contribution in [0.4, 0.5) is 5.95 Å². The van der Waals surface area contributed by atoms with E-state index in [1.54, 1.807) is 0 Å². The van der Waals surface area contributed by atoms with Crippen LogP contribution in [0.3, 0.4) is 0 Å². The summed E-state index contributed by atoms with van der Waals surface area (Å²) in [5.41, 5.74) is 0. The number of aliphatic hydroxyl groups is 1. The quantitative estimate of drug-likeness (QED) is 0.368. The molecule has 0 bridgehead atoms. The molecular weight excluding hydrogens is 300 g/mol. The number of rotatable bonds is 6. The van der Waals surface area contributed by atoms with E-state index in [0.29, 0.717) is 0 Å². The van der Waals surface area contributed by atoms with E-state index in [9.17, 15) is 14.2 Å². The van der Waals surface area contributed by atoms with E-state index in [1.807, 2.05) is 0 Å². The highest BCUT2D eigenvalue weighted by Crippen LogP contribution is 2.68. The van der Waals surface area contributed by atoms with E-state index < -0.39 is 26.7 Å². The predicted octanol–water partition coefficient (Wildman–Crippen LogP) is -0.720. The molecule has 1 heterocycles. The van der Waals surface area contributed by atoms with E-state index in [4.69, 9.17) is 19.6 Å². The monoisotopic (exact) mass is 313 g/mol. The van der Waals surface area contributed by atoms with Gasteiger partial charge in [-0.05, 0) is 6.07 Å². The zero-order valence-electron chi connectivity index (χ0n) is 9.49. The van der Waals surface area contributed by atoms with E-state index in [2.05, 4.69) is 15.3 Å². The van der Waals surface area contributed by atoms with Crippen LogP contribution >= 0.6 is 15.2 Å². The first-order valence-electron chi connectivity index (χ1n) is 4.92. The Morgan fingerprint density at radius 2 is 1.58 bits per heavy atom. The van der Waals surface area contributed by atoms with Gasteiger partial charge in [0.2, 0.25) is 5.95 Å².